The van der Waals surface area contributed by atoms with Gasteiger partial charge in [-0.15, -0.1) is 0 Å². The number of nitrogens with one attached hydrogen (secondary N) is 1. The highest BCUT2D eigenvalue weighted by Crippen LogP contribution is 2.29. The number of hydrogen-bond donors (Lipinski definition) is 1. The van der Waals surface area contributed by atoms with Gasteiger partial charge in [0.25, 0.3) is 0 Å². The second-order valence-electron chi connectivity index (χ2n) is 5.34. The third-order valence-corrected chi connectivity index (χ3v) is 3.71. The first-order chi connectivity index (χ1) is 7.61. The molecule has 0 spiro atoms. The fraction of sp³-hybridized carbons (Fsp3) is 0.857. The predicted molar refractivity (Wildman–Crippen MR) is 69.6 cm³/mol. The van der Waals surface area contributed by atoms with Gasteiger partial charge in [-0.05, 0) is 25.2 Å². The average molecular weight is 225 g/mol. The van der Waals surface area contributed by atoms with Crippen LogP contribution in [-0.2, 0) is 4.74 Å². The van der Waals surface area contributed by atoms with Crippen LogP contribution in [0.4, 0.5) is 0 Å². The van der Waals surface area contributed by atoms with E-state index in [0.29, 0.717) is 12.6 Å². The molecule has 1 aliphatic carbocycles. The van der Waals surface area contributed by atoms with Crippen LogP contribution in [0.5, 0.6) is 0 Å². The maximum absolute atomic E-state index is 5.49. The third-order valence-electron chi connectivity index (χ3n) is 3.71. The second-order valence-corrected chi connectivity index (χ2v) is 5.34. The molecule has 1 rings (SSSR count). The van der Waals surface area contributed by atoms with Gasteiger partial charge in [-0.25, -0.2) is 0 Å². The number of rotatable bonds is 6. The maximum atomic E-state index is 5.49. The molecule has 3 unspecified atom stereocenters. The van der Waals surface area contributed by atoms with Crippen molar-refractivity contribution in [2.45, 2.75) is 46.1 Å². The Morgan fingerprint density at radius 1 is 1.38 bits per heavy atom. The van der Waals surface area contributed by atoms with Gasteiger partial charge in [-0.2, -0.15) is 0 Å². The highest BCUT2D eigenvalue weighted by molar-refractivity contribution is 4.87. The van der Waals surface area contributed by atoms with Crippen molar-refractivity contribution in [2.75, 3.05) is 19.8 Å². The van der Waals surface area contributed by atoms with Gasteiger partial charge in [0.2, 0.25) is 0 Å². The van der Waals surface area contributed by atoms with Crippen LogP contribution in [0.2, 0.25) is 0 Å². The standard InChI is InChI=1S/C14H27NO/c1-11(2)10-16-9-8-15-14-7-5-6-12(3)13(14)4/h12-15H,1,5-10H2,2-4H3. The predicted octanol–water partition coefficient (Wildman–Crippen LogP) is 2.99. The SMILES string of the molecule is C=C(C)COCCNC1CCCC(C)C1C. The van der Waals surface area contributed by atoms with Crippen molar-refractivity contribution in [3.63, 3.8) is 0 Å². The van der Waals surface area contributed by atoms with Crippen LogP contribution in [0.15, 0.2) is 12.2 Å². The minimum atomic E-state index is 0.692. The lowest BCUT2D eigenvalue weighted by Crippen LogP contribution is -2.41. The van der Waals surface area contributed by atoms with Gasteiger partial charge in [0.1, 0.15) is 0 Å². The summed E-state index contributed by atoms with van der Waals surface area (Å²) >= 11 is 0. The maximum Gasteiger partial charge on any atom is 0.0672 e. The van der Waals surface area contributed by atoms with Crippen molar-refractivity contribution in [2.24, 2.45) is 11.8 Å². The third kappa shape index (κ3) is 4.67. The molecular formula is C14H27NO. The zero-order valence-electron chi connectivity index (χ0n) is 11.1. The molecule has 0 bridgehead atoms. The van der Waals surface area contributed by atoms with Crippen LogP contribution in [0.1, 0.15) is 40.0 Å². The van der Waals surface area contributed by atoms with Crippen molar-refractivity contribution in [1.29, 1.82) is 0 Å². The molecule has 0 radical (unpaired) electrons. The summed E-state index contributed by atoms with van der Waals surface area (Å²) in [5.41, 5.74) is 1.10. The molecule has 0 aromatic heterocycles. The Bertz CT molecular complexity index is 215. The largest absolute Gasteiger partial charge is 0.376 e. The van der Waals surface area contributed by atoms with Crippen molar-refractivity contribution < 1.29 is 4.74 Å². The lowest BCUT2D eigenvalue weighted by molar-refractivity contribution is 0.141. The minimum absolute atomic E-state index is 0.692. The molecule has 0 aromatic rings. The van der Waals surface area contributed by atoms with Gasteiger partial charge >= 0.3 is 0 Å². The molecular weight excluding hydrogens is 198 g/mol. The molecule has 1 fully saturated rings. The molecule has 1 aliphatic rings. The molecule has 0 amide bonds. The second kappa shape index (κ2) is 7.08. The first-order valence-corrected chi connectivity index (χ1v) is 6.56. The Kier molecular flexibility index (Phi) is 6.07. The monoisotopic (exact) mass is 225 g/mol. The van der Waals surface area contributed by atoms with Crippen molar-refractivity contribution in [1.82, 2.24) is 5.32 Å². The van der Waals surface area contributed by atoms with E-state index in [1.54, 1.807) is 0 Å². The molecule has 0 saturated heterocycles. The van der Waals surface area contributed by atoms with E-state index in [1.165, 1.54) is 19.3 Å². The molecule has 1 saturated carbocycles. The fourth-order valence-corrected chi connectivity index (χ4v) is 2.43. The Labute approximate surface area is 100 Å². The normalized spacial score (nSPS) is 30.3. The van der Waals surface area contributed by atoms with Crippen LogP contribution in [-0.4, -0.2) is 25.8 Å². The van der Waals surface area contributed by atoms with Crippen LogP contribution in [0.25, 0.3) is 0 Å². The summed E-state index contributed by atoms with van der Waals surface area (Å²) in [6.45, 7) is 13.0. The summed E-state index contributed by atoms with van der Waals surface area (Å²) < 4.78 is 5.49. The Morgan fingerprint density at radius 3 is 2.81 bits per heavy atom. The summed E-state index contributed by atoms with van der Waals surface area (Å²) in [6.07, 6.45) is 4.09. The summed E-state index contributed by atoms with van der Waals surface area (Å²) in [5, 5.41) is 3.62. The van der Waals surface area contributed by atoms with Crippen molar-refractivity contribution in [3.05, 3.63) is 12.2 Å². The molecule has 0 aliphatic heterocycles. The molecule has 2 nitrogen and oxygen atoms in total. The smallest absolute Gasteiger partial charge is 0.0672 e. The lowest BCUT2D eigenvalue weighted by Gasteiger charge is -2.34. The molecule has 3 atom stereocenters. The van der Waals surface area contributed by atoms with Crippen molar-refractivity contribution >= 4 is 0 Å². The first kappa shape index (κ1) is 13.7. The minimum Gasteiger partial charge on any atom is -0.376 e. The van der Waals surface area contributed by atoms with E-state index in [9.17, 15) is 0 Å². The highest BCUT2D eigenvalue weighted by Gasteiger charge is 2.26. The molecule has 0 heterocycles. The quantitative estimate of drug-likeness (QED) is 0.554. The molecule has 16 heavy (non-hydrogen) atoms. The molecule has 94 valence electrons. The summed E-state index contributed by atoms with van der Waals surface area (Å²) in [5.74, 6) is 1.66. The van der Waals surface area contributed by atoms with E-state index in [2.05, 4.69) is 25.7 Å². The Morgan fingerprint density at radius 2 is 2.12 bits per heavy atom. The van der Waals surface area contributed by atoms with Gasteiger partial charge in [-0.1, -0.05) is 38.8 Å². The van der Waals surface area contributed by atoms with E-state index in [1.807, 2.05) is 6.92 Å². The zero-order valence-corrected chi connectivity index (χ0v) is 11.1. The Balaban J connectivity index is 2.10. The average Bonchev–Trinajstić information content (AvgIpc) is 2.23. The summed E-state index contributed by atoms with van der Waals surface area (Å²) in [7, 11) is 0. The molecule has 1 N–H and O–H groups in total. The van der Waals surface area contributed by atoms with E-state index in [4.69, 9.17) is 4.74 Å². The molecule has 0 aromatic carbocycles. The summed E-state index contributed by atoms with van der Waals surface area (Å²) in [6, 6.07) is 0.692. The van der Waals surface area contributed by atoms with Crippen LogP contribution >= 0.6 is 0 Å². The van der Waals surface area contributed by atoms with E-state index in [0.717, 1.165) is 30.6 Å². The van der Waals surface area contributed by atoms with Gasteiger partial charge < -0.3 is 10.1 Å². The van der Waals surface area contributed by atoms with Crippen LogP contribution in [0.3, 0.4) is 0 Å². The fourth-order valence-electron chi connectivity index (χ4n) is 2.43. The Hall–Kier alpha value is -0.340. The van der Waals surface area contributed by atoms with Gasteiger partial charge in [0.05, 0.1) is 13.2 Å². The number of ether oxygens (including phenoxy) is 1. The first-order valence-electron chi connectivity index (χ1n) is 6.56. The van der Waals surface area contributed by atoms with E-state index < -0.39 is 0 Å². The lowest BCUT2D eigenvalue weighted by atomic mass is 9.78. The van der Waals surface area contributed by atoms with Crippen molar-refractivity contribution in [3.8, 4) is 0 Å². The van der Waals surface area contributed by atoms with E-state index >= 15 is 0 Å². The van der Waals surface area contributed by atoms with Crippen LogP contribution in [0, 0.1) is 11.8 Å². The van der Waals surface area contributed by atoms with Gasteiger partial charge in [-0.3, -0.25) is 0 Å². The number of hydrogen-bond acceptors (Lipinski definition) is 2. The highest BCUT2D eigenvalue weighted by atomic mass is 16.5. The zero-order chi connectivity index (χ0) is 12.0. The van der Waals surface area contributed by atoms with Gasteiger partial charge in [0, 0.05) is 12.6 Å². The molecule has 2 heteroatoms. The summed E-state index contributed by atoms with van der Waals surface area (Å²) in [4.78, 5) is 0. The van der Waals surface area contributed by atoms with Crippen LogP contribution < -0.4 is 5.32 Å². The van der Waals surface area contributed by atoms with E-state index in [-0.39, 0.29) is 0 Å². The topological polar surface area (TPSA) is 21.3 Å². The van der Waals surface area contributed by atoms with Gasteiger partial charge in [0.15, 0.2) is 0 Å².